The molecule has 0 aromatic heterocycles. The predicted octanol–water partition coefficient (Wildman–Crippen LogP) is 3.16. The third-order valence-corrected chi connectivity index (χ3v) is 8.79. The molecule has 0 spiro atoms. The van der Waals surface area contributed by atoms with E-state index in [4.69, 9.17) is 4.74 Å². The lowest BCUT2D eigenvalue weighted by Gasteiger charge is -2.21. The maximum absolute atomic E-state index is 12.0. The standard InChI is InChI=1S/C20H24N2O4S3/c1-21-29(24,25)18-9-3-15(4-10-18)13-22-19(23)14-26-17-7-5-16(6-8-17)20-27-11-2-12-28-20/h3-10,20-21H,2,11-14H2,1H3,(H,22,23). The molecule has 0 unspecified atom stereocenters. The quantitative estimate of drug-likeness (QED) is 0.640. The van der Waals surface area contributed by atoms with E-state index < -0.39 is 10.0 Å². The van der Waals surface area contributed by atoms with Crippen LogP contribution in [0.2, 0.25) is 0 Å². The summed E-state index contributed by atoms with van der Waals surface area (Å²) in [5.41, 5.74) is 2.08. The van der Waals surface area contributed by atoms with Crippen molar-refractivity contribution in [2.45, 2.75) is 22.4 Å². The van der Waals surface area contributed by atoms with E-state index in [-0.39, 0.29) is 17.4 Å². The summed E-state index contributed by atoms with van der Waals surface area (Å²) in [5.74, 6) is 2.82. The molecule has 9 heteroatoms. The lowest BCUT2D eigenvalue weighted by Crippen LogP contribution is -2.28. The molecule has 1 heterocycles. The summed E-state index contributed by atoms with van der Waals surface area (Å²) in [4.78, 5) is 12.2. The van der Waals surface area contributed by atoms with Crippen molar-refractivity contribution in [2.24, 2.45) is 0 Å². The van der Waals surface area contributed by atoms with Crippen molar-refractivity contribution >= 4 is 39.5 Å². The molecule has 1 saturated heterocycles. The molecule has 0 bridgehead atoms. The van der Waals surface area contributed by atoms with Crippen LogP contribution in [0.5, 0.6) is 5.75 Å². The third-order valence-electron chi connectivity index (χ3n) is 4.34. The van der Waals surface area contributed by atoms with Gasteiger partial charge in [0.15, 0.2) is 6.61 Å². The summed E-state index contributed by atoms with van der Waals surface area (Å²) in [6, 6.07) is 14.3. The van der Waals surface area contributed by atoms with E-state index >= 15 is 0 Å². The first-order valence-corrected chi connectivity index (χ1v) is 12.8. The first-order valence-electron chi connectivity index (χ1n) is 9.23. The van der Waals surface area contributed by atoms with Crippen LogP contribution < -0.4 is 14.8 Å². The fourth-order valence-electron chi connectivity index (χ4n) is 2.71. The highest BCUT2D eigenvalue weighted by atomic mass is 32.2. The molecule has 2 N–H and O–H groups in total. The number of hydrogen-bond acceptors (Lipinski definition) is 6. The summed E-state index contributed by atoms with van der Waals surface area (Å²) < 4.78 is 31.7. The van der Waals surface area contributed by atoms with Gasteiger partial charge in [-0.1, -0.05) is 24.3 Å². The molecule has 156 valence electrons. The maximum Gasteiger partial charge on any atom is 0.258 e. The zero-order valence-electron chi connectivity index (χ0n) is 16.1. The second-order valence-electron chi connectivity index (χ2n) is 6.41. The van der Waals surface area contributed by atoms with Crippen LogP contribution in [0.1, 0.15) is 22.1 Å². The zero-order chi connectivity index (χ0) is 20.7. The van der Waals surface area contributed by atoms with E-state index in [1.165, 1.54) is 42.7 Å². The number of sulfonamides is 1. The number of carbonyl (C=O) groups excluding carboxylic acids is 1. The van der Waals surface area contributed by atoms with Gasteiger partial charge in [0.2, 0.25) is 10.0 Å². The topological polar surface area (TPSA) is 84.5 Å². The maximum atomic E-state index is 12.0. The van der Waals surface area contributed by atoms with E-state index in [1.807, 2.05) is 35.7 Å². The van der Waals surface area contributed by atoms with Gasteiger partial charge < -0.3 is 10.1 Å². The van der Waals surface area contributed by atoms with Gasteiger partial charge in [-0.05, 0) is 60.4 Å². The molecule has 6 nitrogen and oxygen atoms in total. The van der Waals surface area contributed by atoms with Gasteiger partial charge in [-0.15, -0.1) is 23.5 Å². The van der Waals surface area contributed by atoms with E-state index in [0.717, 1.165) is 5.56 Å². The van der Waals surface area contributed by atoms with Gasteiger partial charge in [-0.2, -0.15) is 0 Å². The van der Waals surface area contributed by atoms with Crippen molar-refractivity contribution in [2.75, 3.05) is 25.2 Å². The second kappa shape index (κ2) is 10.4. The molecule has 2 aromatic carbocycles. The monoisotopic (exact) mass is 452 g/mol. The minimum absolute atomic E-state index is 0.0709. The molecule has 0 saturated carbocycles. The highest BCUT2D eigenvalue weighted by Gasteiger charge is 2.16. The van der Waals surface area contributed by atoms with Gasteiger partial charge in [0.05, 0.1) is 9.48 Å². The van der Waals surface area contributed by atoms with Crippen molar-refractivity contribution in [3.8, 4) is 5.75 Å². The number of benzene rings is 2. The van der Waals surface area contributed by atoms with Crippen LogP contribution in [0.4, 0.5) is 0 Å². The lowest BCUT2D eigenvalue weighted by molar-refractivity contribution is -0.123. The van der Waals surface area contributed by atoms with Crippen molar-refractivity contribution in [3.63, 3.8) is 0 Å². The third kappa shape index (κ3) is 6.40. The van der Waals surface area contributed by atoms with Crippen molar-refractivity contribution in [3.05, 3.63) is 59.7 Å². The first-order chi connectivity index (χ1) is 14.0. The molecule has 1 aliphatic rings. The van der Waals surface area contributed by atoms with Crippen LogP contribution >= 0.6 is 23.5 Å². The van der Waals surface area contributed by atoms with Crippen LogP contribution in [0.25, 0.3) is 0 Å². The molecule has 0 aliphatic carbocycles. The summed E-state index contributed by atoms with van der Waals surface area (Å²) in [6.07, 6.45) is 1.27. The van der Waals surface area contributed by atoms with Crippen LogP contribution in [0.15, 0.2) is 53.4 Å². The largest absolute Gasteiger partial charge is 0.484 e. The SMILES string of the molecule is CNS(=O)(=O)c1ccc(CNC(=O)COc2ccc(C3SCCCS3)cc2)cc1. The minimum Gasteiger partial charge on any atom is -0.484 e. The number of hydrogen-bond donors (Lipinski definition) is 2. The zero-order valence-corrected chi connectivity index (χ0v) is 18.5. The molecule has 1 aliphatic heterocycles. The van der Waals surface area contributed by atoms with Gasteiger partial charge in [0.25, 0.3) is 5.91 Å². The van der Waals surface area contributed by atoms with Crippen molar-refractivity contribution in [1.82, 2.24) is 10.0 Å². The van der Waals surface area contributed by atoms with Gasteiger partial charge in [-0.3, -0.25) is 4.79 Å². The number of amides is 1. The molecule has 29 heavy (non-hydrogen) atoms. The number of rotatable bonds is 8. The van der Waals surface area contributed by atoms with E-state index in [1.54, 1.807) is 12.1 Å². The smallest absolute Gasteiger partial charge is 0.258 e. The van der Waals surface area contributed by atoms with Crippen LogP contribution in [-0.4, -0.2) is 39.5 Å². The Morgan fingerprint density at radius 3 is 2.34 bits per heavy atom. The molecule has 0 atom stereocenters. The minimum atomic E-state index is -3.46. The Morgan fingerprint density at radius 1 is 1.07 bits per heavy atom. The number of thioether (sulfide) groups is 2. The number of carbonyl (C=O) groups is 1. The Morgan fingerprint density at radius 2 is 1.72 bits per heavy atom. The fraction of sp³-hybridized carbons (Fsp3) is 0.350. The van der Waals surface area contributed by atoms with E-state index in [9.17, 15) is 13.2 Å². The first kappa shape index (κ1) is 22.0. The lowest BCUT2D eigenvalue weighted by atomic mass is 10.2. The van der Waals surface area contributed by atoms with Crippen LogP contribution in [0, 0.1) is 0 Å². The Bertz CT molecular complexity index is 910. The predicted molar refractivity (Wildman–Crippen MR) is 119 cm³/mol. The average Bonchev–Trinajstić information content (AvgIpc) is 2.77. The summed E-state index contributed by atoms with van der Waals surface area (Å²) in [6.45, 7) is 0.232. The van der Waals surface area contributed by atoms with Gasteiger partial charge >= 0.3 is 0 Å². The fourth-order valence-corrected chi connectivity index (χ4v) is 6.33. The Labute approximate surface area is 180 Å². The van der Waals surface area contributed by atoms with E-state index in [2.05, 4.69) is 22.2 Å². The molecule has 1 fully saturated rings. The van der Waals surface area contributed by atoms with E-state index in [0.29, 0.717) is 16.9 Å². The number of ether oxygens (including phenoxy) is 1. The Balaban J connectivity index is 1.44. The molecular weight excluding hydrogens is 428 g/mol. The molecular formula is C20H24N2O4S3. The summed E-state index contributed by atoms with van der Waals surface area (Å²) in [7, 11) is -2.09. The van der Waals surface area contributed by atoms with Crippen molar-refractivity contribution < 1.29 is 17.9 Å². The van der Waals surface area contributed by atoms with Crippen molar-refractivity contribution in [1.29, 1.82) is 0 Å². The molecule has 0 radical (unpaired) electrons. The van der Waals surface area contributed by atoms with Crippen LogP contribution in [0.3, 0.4) is 0 Å². The number of nitrogens with one attached hydrogen (secondary N) is 2. The average molecular weight is 453 g/mol. The second-order valence-corrected chi connectivity index (χ2v) is 11.0. The Hall–Kier alpha value is -1.68. The van der Waals surface area contributed by atoms with Gasteiger partial charge in [0, 0.05) is 6.54 Å². The van der Waals surface area contributed by atoms with Gasteiger partial charge in [-0.25, -0.2) is 13.1 Å². The highest BCUT2D eigenvalue weighted by molar-refractivity contribution is 8.16. The molecule has 2 aromatic rings. The Kier molecular flexibility index (Phi) is 7.88. The molecule has 1 amide bonds. The summed E-state index contributed by atoms with van der Waals surface area (Å²) >= 11 is 3.94. The van der Waals surface area contributed by atoms with Gasteiger partial charge in [0.1, 0.15) is 5.75 Å². The highest BCUT2D eigenvalue weighted by Crippen LogP contribution is 2.43. The molecule has 3 rings (SSSR count). The van der Waals surface area contributed by atoms with Crippen LogP contribution in [-0.2, 0) is 21.4 Å². The summed E-state index contributed by atoms with van der Waals surface area (Å²) in [5, 5.41) is 2.77. The normalized spacial score (nSPS) is 15.1.